The maximum atomic E-state index is 2.47. The van der Waals surface area contributed by atoms with Gasteiger partial charge in [0.1, 0.15) is 0 Å². The minimum Gasteiger partial charge on any atom is -0.305 e. The molecule has 3 atom stereocenters. The lowest BCUT2D eigenvalue weighted by Gasteiger charge is -2.40. The predicted molar refractivity (Wildman–Crippen MR) is 81.2 cm³/mol. The molecule has 0 heterocycles. The van der Waals surface area contributed by atoms with Crippen LogP contribution in [0.5, 0.6) is 0 Å². The van der Waals surface area contributed by atoms with Gasteiger partial charge in [-0.1, -0.05) is 48.5 Å². The minimum atomic E-state index is 0.567. The average Bonchev–Trinajstić information content (AvgIpc) is 3.23. The number of hydrogen-bond donors (Lipinski definition) is 0. The van der Waals surface area contributed by atoms with E-state index in [4.69, 9.17) is 0 Å². The van der Waals surface area contributed by atoms with Gasteiger partial charge >= 0.3 is 0 Å². The summed E-state index contributed by atoms with van der Waals surface area (Å²) < 4.78 is 0. The van der Waals surface area contributed by atoms with Gasteiger partial charge in [-0.15, -0.1) is 0 Å². The van der Waals surface area contributed by atoms with Crippen LogP contribution in [0.1, 0.15) is 40.0 Å². The fourth-order valence-electron chi connectivity index (χ4n) is 5.16. The van der Waals surface area contributed by atoms with Crippen molar-refractivity contribution < 1.29 is 0 Å². The third-order valence-electron chi connectivity index (χ3n) is 5.79. The standard InChI is InChI=1S/C19H19N/c1-20(2)19-15-11-7-3-5-9-13(11)16-17(18(16)19)14-10-6-4-8-12(14)15/h3-10,15-19H,1-2H3. The molecule has 2 aromatic carbocycles. The van der Waals surface area contributed by atoms with Gasteiger partial charge in [-0.25, -0.2) is 0 Å². The van der Waals surface area contributed by atoms with Gasteiger partial charge in [-0.2, -0.15) is 0 Å². The van der Waals surface area contributed by atoms with Gasteiger partial charge in [-0.05, 0) is 54.1 Å². The molecule has 3 aliphatic carbocycles. The van der Waals surface area contributed by atoms with E-state index in [9.17, 15) is 0 Å². The third kappa shape index (κ3) is 1.14. The second kappa shape index (κ2) is 3.53. The van der Waals surface area contributed by atoms with Crippen LogP contribution in [0.3, 0.4) is 0 Å². The number of fused-ring (bicyclic) bond motifs is 8. The first-order valence-corrected chi connectivity index (χ1v) is 7.63. The van der Waals surface area contributed by atoms with E-state index < -0.39 is 0 Å². The van der Waals surface area contributed by atoms with E-state index in [1.807, 2.05) is 0 Å². The van der Waals surface area contributed by atoms with E-state index in [0.29, 0.717) is 12.0 Å². The Morgan fingerprint density at radius 3 is 1.60 bits per heavy atom. The summed E-state index contributed by atoms with van der Waals surface area (Å²) in [5, 5.41) is 0. The van der Waals surface area contributed by atoms with Crippen LogP contribution in [0.15, 0.2) is 48.5 Å². The maximum absolute atomic E-state index is 2.47. The molecule has 1 nitrogen and oxygen atoms in total. The fourth-order valence-corrected chi connectivity index (χ4v) is 5.16. The molecule has 0 spiro atoms. The molecule has 1 heteroatoms. The van der Waals surface area contributed by atoms with Crippen molar-refractivity contribution in [3.05, 3.63) is 70.8 Å². The van der Waals surface area contributed by atoms with Gasteiger partial charge in [0.2, 0.25) is 0 Å². The summed E-state index contributed by atoms with van der Waals surface area (Å²) in [6.45, 7) is 0. The fraction of sp³-hybridized carbons (Fsp3) is 0.368. The summed E-state index contributed by atoms with van der Waals surface area (Å²) in [6.07, 6.45) is 0. The van der Waals surface area contributed by atoms with E-state index in [1.165, 1.54) is 0 Å². The molecule has 0 radical (unpaired) electrons. The Balaban J connectivity index is 1.83. The van der Waals surface area contributed by atoms with Gasteiger partial charge in [0.05, 0.1) is 0 Å². The summed E-state index contributed by atoms with van der Waals surface area (Å²) in [6, 6.07) is 19.0. The van der Waals surface area contributed by atoms with Gasteiger partial charge < -0.3 is 4.90 Å². The van der Waals surface area contributed by atoms with Crippen molar-refractivity contribution in [3.8, 4) is 0 Å². The molecule has 2 bridgehead atoms. The molecular weight excluding hydrogens is 242 g/mol. The lowest BCUT2D eigenvalue weighted by Crippen LogP contribution is -2.41. The van der Waals surface area contributed by atoms with E-state index >= 15 is 0 Å². The molecule has 3 aliphatic rings. The van der Waals surface area contributed by atoms with E-state index in [2.05, 4.69) is 67.5 Å². The van der Waals surface area contributed by atoms with Crippen LogP contribution in [-0.4, -0.2) is 25.0 Å². The summed E-state index contributed by atoms with van der Waals surface area (Å²) >= 11 is 0. The highest BCUT2D eigenvalue weighted by Crippen LogP contribution is 2.72. The van der Waals surface area contributed by atoms with Crippen LogP contribution in [0.2, 0.25) is 0 Å². The van der Waals surface area contributed by atoms with Crippen LogP contribution < -0.4 is 0 Å². The van der Waals surface area contributed by atoms with Crippen molar-refractivity contribution in [1.82, 2.24) is 4.90 Å². The second-order valence-electron chi connectivity index (χ2n) is 6.82. The normalized spacial score (nSPS) is 35.5. The molecule has 0 N–H and O–H groups in total. The van der Waals surface area contributed by atoms with E-state index in [-0.39, 0.29) is 0 Å². The largest absolute Gasteiger partial charge is 0.305 e. The first-order valence-electron chi connectivity index (χ1n) is 7.63. The maximum Gasteiger partial charge on any atom is 0.0254 e. The Kier molecular flexibility index (Phi) is 1.96. The minimum absolute atomic E-state index is 0.567. The Labute approximate surface area is 120 Å². The molecule has 100 valence electrons. The van der Waals surface area contributed by atoms with Crippen molar-refractivity contribution in [2.24, 2.45) is 5.92 Å². The average molecular weight is 261 g/mol. The Morgan fingerprint density at radius 1 is 0.700 bits per heavy atom. The van der Waals surface area contributed by atoms with Crippen LogP contribution in [0, 0.1) is 5.92 Å². The summed E-state index contributed by atoms with van der Waals surface area (Å²) in [5.41, 5.74) is 6.42. The van der Waals surface area contributed by atoms with Gasteiger partial charge in [0, 0.05) is 12.0 Å². The van der Waals surface area contributed by atoms with Gasteiger partial charge in [0.25, 0.3) is 0 Å². The Bertz CT molecular complexity index is 649. The number of nitrogens with zero attached hydrogens (tertiary/aromatic N) is 1. The zero-order valence-corrected chi connectivity index (χ0v) is 12.0. The molecule has 0 saturated heterocycles. The van der Waals surface area contributed by atoms with Gasteiger partial charge in [0.15, 0.2) is 0 Å². The smallest absolute Gasteiger partial charge is 0.0254 e. The quantitative estimate of drug-likeness (QED) is 0.758. The molecule has 0 amide bonds. The van der Waals surface area contributed by atoms with Crippen molar-refractivity contribution in [3.63, 3.8) is 0 Å². The second-order valence-corrected chi connectivity index (χ2v) is 6.82. The molecule has 1 saturated carbocycles. The molecule has 0 aliphatic heterocycles. The molecule has 1 fully saturated rings. The lowest BCUT2D eigenvalue weighted by atomic mass is 9.72. The van der Waals surface area contributed by atoms with Crippen LogP contribution >= 0.6 is 0 Å². The van der Waals surface area contributed by atoms with Crippen molar-refractivity contribution in [2.45, 2.75) is 23.8 Å². The van der Waals surface area contributed by atoms with Crippen molar-refractivity contribution >= 4 is 0 Å². The zero-order valence-electron chi connectivity index (χ0n) is 12.0. The molecule has 0 aromatic heterocycles. The predicted octanol–water partition coefficient (Wildman–Crippen LogP) is 3.57. The number of benzene rings is 2. The third-order valence-corrected chi connectivity index (χ3v) is 5.79. The first kappa shape index (κ1) is 11.1. The Hall–Kier alpha value is -1.60. The molecule has 5 rings (SSSR count). The highest BCUT2D eigenvalue weighted by molar-refractivity contribution is 5.60. The van der Waals surface area contributed by atoms with E-state index in [0.717, 1.165) is 17.8 Å². The van der Waals surface area contributed by atoms with Gasteiger partial charge in [-0.3, -0.25) is 0 Å². The van der Waals surface area contributed by atoms with Crippen molar-refractivity contribution in [2.75, 3.05) is 14.1 Å². The summed E-state index contributed by atoms with van der Waals surface area (Å²) in [7, 11) is 4.51. The molecule has 20 heavy (non-hydrogen) atoms. The van der Waals surface area contributed by atoms with Crippen LogP contribution in [0.25, 0.3) is 0 Å². The van der Waals surface area contributed by atoms with Crippen LogP contribution in [-0.2, 0) is 0 Å². The highest BCUT2D eigenvalue weighted by atomic mass is 15.1. The molecule has 3 unspecified atom stereocenters. The summed E-state index contributed by atoms with van der Waals surface area (Å²) in [5.74, 6) is 2.93. The van der Waals surface area contributed by atoms with E-state index in [1.54, 1.807) is 22.3 Å². The zero-order chi connectivity index (χ0) is 13.4. The Morgan fingerprint density at radius 2 is 1.15 bits per heavy atom. The molecule has 2 aromatic rings. The number of hydrogen-bond acceptors (Lipinski definition) is 1. The SMILES string of the molecule is CN(C)C1C2c3ccccc3C3C(c4ccccc42)C31. The van der Waals surface area contributed by atoms with Crippen LogP contribution in [0.4, 0.5) is 0 Å². The van der Waals surface area contributed by atoms with Crippen molar-refractivity contribution in [1.29, 1.82) is 0 Å². The number of likely N-dealkylation sites (N-methyl/N-ethyl adjacent to an activating group) is 1. The first-order chi connectivity index (χ1) is 9.79. The molecular formula is C19H19N. The highest BCUT2D eigenvalue weighted by Gasteiger charge is 2.65. The number of rotatable bonds is 1. The monoisotopic (exact) mass is 261 g/mol. The topological polar surface area (TPSA) is 3.24 Å². The lowest BCUT2D eigenvalue weighted by molar-refractivity contribution is 0.222. The summed E-state index contributed by atoms with van der Waals surface area (Å²) in [4.78, 5) is 2.47.